The highest BCUT2D eigenvalue weighted by Crippen LogP contribution is 2.72. The molecule has 8 atom stereocenters. The van der Waals surface area contributed by atoms with Crippen molar-refractivity contribution in [3.05, 3.63) is 27.7 Å². The third kappa shape index (κ3) is 5.32. The minimum atomic E-state index is -1.16. The molecule has 4 saturated carbocycles. The molecular formula is C38H54N2O6S. The number of rotatable bonds is 7. The lowest BCUT2D eigenvalue weighted by molar-refractivity contribution is -0.213. The lowest BCUT2D eigenvalue weighted by atomic mass is 9.37. The number of allylic oxidation sites excluding steroid dienone is 1. The highest BCUT2D eigenvalue weighted by atomic mass is 32.1. The van der Waals surface area contributed by atoms with E-state index in [1.807, 2.05) is 0 Å². The highest BCUT2D eigenvalue weighted by Gasteiger charge is 2.67. The number of Topliss-reactive ketones (excluding diaryl/α,β-unsaturated/α-hetero) is 1. The molecule has 1 heterocycles. The number of nitrogens with zero attached hydrogens (tertiary/aromatic N) is 1. The molecule has 5 aliphatic carbocycles. The van der Waals surface area contributed by atoms with E-state index in [2.05, 4.69) is 51.8 Å². The summed E-state index contributed by atoms with van der Waals surface area (Å²) in [6.45, 7) is 16.9. The average molecular weight is 667 g/mol. The molecule has 0 spiro atoms. The Morgan fingerprint density at radius 3 is 2.36 bits per heavy atom. The Bertz CT molecular complexity index is 1490. The lowest BCUT2D eigenvalue weighted by Crippen LogP contribution is -2.64. The predicted molar refractivity (Wildman–Crippen MR) is 181 cm³/mol. The summed E-state index contributed by atoms with van der Waals surface area (Å²) in [4.78, 5) is 56.1. The van der Waals surface area contributed by atoms with Crippen molar-refractivity contribution in [3.8, 4) is 0 Å². The maximum atomic E-state index is 13.7. The summed E-state index contributed by atoms with van der Waals surface area (Å²) in [6, 6.07) is 0. The predicted octanol–water partition coefficient (Wildman–Crippen LogP) is 7.63. The third-order valence-electron chi connectivity index (χ3n) is 14.0. The smallest absolute Gasteiger partial charge is 0.309 e. The van der Waals surface area contributed by atoms with Gasteiger partial charge in [0.25, 0.3) is 5.91 Å². The van der Waals surface area contributed by atoms with Crippen LogP contribution in [0.15, 0.2) is 22.0 Å². The number of aromatic nitrogens is 1. The van der Waals surface area contributed by atoms with Gasteiger partial charge in [0.05, 0.1) is 22.9 Å². The molecule has 6 rings (SSSR count). The average Bonchev–Trinajstić information content (AvgIpc) is 3.60. The maximum Gasteiger partial charge on any atom is 0.309 e. The molecule has 0 saturated heterocycles. The van der Waals surface area contributed by atoms with E-state index in [0.717, 1.165) is 56.9 Å². The van der Waals surface area contributed by atoms with Gasteiger partial charge in [0.1, 0.15) is 11.8 Å². The van der Waals surface area contributed by atoms with Crippen molar-refractivity contribution >= 4 is 35.0 Å². The Kier molecular flexibility index (Phi) is 8.41. The van der Waals surface area contributed by atoms with Crippen molar-refractivity contribution in [2.75, 3.05) is 0 Å². The van der Waals surface area contributed by atoms with Gasteiger partial charge in [0, 0.05) is 17.2 Å². The van der Waals surface area contributed by atoms with Gasteiger partial charge in [0.2, 0.25) is 0 Å². The minimum absolute atomic E-state index is 0.0822. The number of carboxylic acids is 1. The highest BCUT2D eigenvalue weighted by molar-refractivity contribution is 7.07. The summed E-state index contributed by atoms with van der Waals surface area (Å²) in [5.74, 6) is 0.296. The van der Waals surface area contributed by atoms with Crippen LogP contribution in [0.5, 0.6) is 0 Å². The summed E-state index contributed by atoms with van der Waals surface area (Å²) in [6.07, 6.45) is 7.74. The van der Waals surface area contributed by atoms with E-state index in [0.29, 0.717) is 29.9 Å². The van der Waals surface area contributed by atoms with Crippen molar-refractivity contribution in [2.24, 2.45) is 51.2 Å². The number of fused-ring (bicyclic) bond motifs is 7. The molecule has 9 heteroatoms. The van der Waals surface area contributed by atoms with E-state index < -0.39 is 22.9 Å². The fraction of sp³-hybridized carbons (Fsp3) is 0.763. The molecule has 47 heavy (non-hydrogen) atoms. The Hall–Kier alpha value is -2.55. The number of hydrogen-bond acceptors (Lipinski definition) is 7. The third-order valence-corrected chi connectivity index (χ3v) is 14.6. The molecule has 0 aromatic carbocycles. The molecule has 1 aromatic heterocycles. The van der Waals surface area contributed by atoms with Gasteiger partial charge in [-0.3, -0.25) is 19.2 Å². The Morgan fingerprint density at radius 2 is 1.72 bits per heavy atom. The Morgan fingerprint density at radius 1 is 1.02 bits per heavy atom. The van der Waals surface area contributed by atoms with Crippen LogP contribution in [0.2, 0.25) is 0 Å². The van der Waals surface area contributed by atoms with E-state index in [4.69, 9.17) is 4.74 Å². The van der Waals surface area contributed by atoms with E-state index in [9.17, 15) is 24.3 Å². The van der Waals surface area contributed by atoms with E-state index in [1.165, 1.54) is 16.9 Å². The van der Waals surface area contributed by atoms with Gasteiger partial charge in [-0.2, -0.15) is 0 Å². The monoisotopic (exact) mass is 666 g/mol. The zero-order valence-electron chi connectivity index (χ0n) is 29.5. The van der Waals surface area contributed by atoms with Crippen LogP contribution in [-0.2, 0) is 19.1 Å². The molecule has 8 nitrogen and oxygen atoms in total. The first-order chi connectivity index (χ1) is 21.9. The van der Waals surface area contributed by atoms with Gasteiger partial charge in [-0.25, -0.2) is 4.98 Å². The molecule has 4 unspecified atom stereocenters. The summed E-state index contributed by atoms with van der Waals surface area (Å²) in [5, 5.41) is 14.7. The summed E-state index contributed by atoms with van der Waals surface area (Å²) < 4.78 is 6.12. The van der Waals surface area contributed by atoms with Crippen molar-refractivity contribution in [2.45, 2.75) is 131 Å². The van der Waals surface area contributed by atoms with Crippen molar-refractivity contribution in [1.82, 2.24) is 10.3 Å². The number of ketones is 1. The second-order valence-corrected chi connectivity index (χ2v) is 18.4. The van der Waals surface area contributed by atoms with Crippen LogP contribution in [0.25, 0.3) is 0 Å². The number of ether oxygens (including phenoxy) is 1. The van der Waals surface area contributed by atoms with Crippen LogP contribution in [-0.4, -0.2) is 45.4 Å². The zero-order valence-corrected chi connectivity index (χ0v) is 30.4. The van der Waals surface area contributed by atoms with Crippen LogP contribution < -0.4 is 5.32 Å². The molecule has 0 aliphatic heterocycles. The number of carbonyl (C=O) groups is 4. The van der Waals surface area contributed by atoms with Crippen LogP contribution in [0.1, 0.15) is 130 Å². The van der Waals surface area contributed by atoms with Gasteiger partial charge in [-0.05, 0) is 117 Å². The first kappa shape index (κ1) is 34.3. The minimum Gasteiger partial charge on any atom is -0.481 e. The van der Waals surface area contributed by atoms with Crippen LogP contribution in [0.4, 0.5) is 0 Å². The van der Waals surface area contributed by atoms with E-state index >= 15 is 0 Å². The summed E-state index contributed by atoms with van der Waals surface area (Å²) in [7, 11) is 0. The number of carboxylic acid groups (broad SMARTS) is 1. The van der Waals surface area contributed by atoms with Gasteiger partial charge >= 0.3 is 11.9 Å². The number of amides is 1. The SMILES string of the molecule is CC(C)C1=C2C3CCC4[C@@](C)(CCC5C(C)(C)[C@@H](OC(=O)CC(C)(C)C(=O)O)CC[C@@]54C)C3CC[C@@]2(NC(=O)c2cscn2)CC1=O. The molecular weight excluding hydrogens is 612 g/mol. The molecule has 4 fully saturated rings. The number of nitrogens with one attached hydrogen (secondary N) is 1. The fourth-order valence-corrected chi connectivity index (χ4v) is 12.4. The zero-order chi connectivity index (χ0) is 34.3. The second kappa shape index (κ2) is 11.5. The van der Waals surface area contributed by atoms with E-state index in [-0.39, 0.29) is 52.3 Å². The molecule has 5 aliphatic rings. The first-order valence-electron chi connectivity index (χ1n) is 17.8. The fourth-order valence-electron chi connectivity index (χ4n) is 11.9. The number of carbonyl (C=O) groups excluding carboxylic acids is 3. The summed E-state index contributed by atoms with van der Waals surface area (Å²) in [5.41, 5.74) is 2.45. The largest absolute Gasteiger partial charge is 0.481 e. The molecule has 2 N–H and O–H groups in total. The van der Waals surface area contributed by atoms with Crippen LogP contribution >= 0.6 is 11.3 Å². The Labute approximate surface area is 283 Å². The standard InChI is InChI=1S/C38H54N2O6S/c1-21(2)30-25(41)17-38(40-32(43)24-19-47-20-39-24)16-11-23-22(31(30)38)9-10-27-36(23,7)14-12-26-35(5,6)28(13-15-37(26,27)8)46-29(42)18-34(3,4)33(44)45/h19-23,26-28H,9-18H2,1-8H3,(H,40,43)(H,44,45)/t22?,23?,26?,27?,28-,36-,37-,38+/m0/s1. The molecule has 0 bridgehead atoms. The molecule has 1 amide bonds. The summed E-state index contributed by atoms with van der Waals surface area (Å²) >= 11 is 1.41. The Balaban J connectivity index is 1.27. The lowest BCUT2D eigenvalue weighted by Gasteiger charge is -2.68. The van der Waals surface area contributed by atoms with Crippen molar-refractivity contribution in [1.29, 1.82) is 0 Å². The first-order valence-corrected chi connectivity index (χ1v) is 18.7. The maximum absolute atomic E-state index is 13.7. The molecule has 0 radical (unpaired) electrons. The van der Waals surface area contributed by atoms with E-state index in [1.54, 1.807) is 24.7 Å². The normalized spacial score (nSPS) is 37.8. The number of thiazole rings is 1. The van der Waals surface area contributed by atoms with Crippen LogP contribution in [0.3, 0.4) is 0 Å². The topological polar surface area (TPSA) is 123 Å². The number of esters is 1. The number of hydrogen-bond donors (Lipinski definition) is 2. The van der Waals surface area contributed by atoms with Crippen molar-refractivity contribution < 1.29 is 29.0 Å². The second-order valence-electron chi connectivity index (χ2n) is 17.7. The van der Waals surface area contributed by atoms with Gasteiger partial charge < -0.3 is 15.2 Å². The van der Waals surface area contributed by atoms with Gasteiger partial charge in [-0.15, -0.1) is 11.3 Å². The van der Waals surface area contributed by atoms with Gasteiger partial charge in [-0.1, -0.05) is 41.5 Å². The molecule has 1 aromatic rings. The molecule has 258 valence electrons. The quantitative estimate of drug-likeness (QED) is 0.287. The number of aliphatic carboxylic acids is 1. The van der Waals surface area contributed by atoms with Crippen LogP contribution in [0, 0.1) is 51.2 Å². The van der Waals surface area contributed by atoms with Crippen molar-refractivity contribution in [3.63, 3.8) is 0 Å². The van der Waals surface area contributed by atoms with Gasteiger partial charge in [0.15, 0.2) is 5.78 Å².